The molecule has 134 valence electrons. The highest BCUT2D eigenvalue weighted by Gasteiger charge is 2.33. The first-order valence-corrected chi connectivity index (χ1v) is 8.90. The molecule has 0 bridgehead atoms. The number of ether oxygens (including phenoxy) is 1. The molecule has 1 atom stereocenters. The first-order chi connectivity index (χ1) is 12.7. The Balaban J connectivity index is 1.66. The van der Waals surface area contributed by atoms with Gasteiger partial charge in [-0.05, 0) is 19.1 Å². The maximum Gasteiger partial charge on any atom is 0.256 e. The van der Waals surface area contributed by atoms with Crippen LogP contribution in [0, 0.1) is 0 Å². The van der Waals surface area contributed by atoms with Gasteiger partial charge in [-0.25, -0.2) is 4.98 Å². The van der Waals surface area contributed by atoms with Crippen LogP contribution in [-0.2, 0) is 24.8 Å². The fourth-order valence-electron chi connectivity index (χ4n) is 3.52. The van der Waals surface area contributed by atoms with Crippen LogP contribution in [0.1, 0.15) is 28.7 Å². The predicted octanol–water partition coefficient (Wildman–Crippen LogP) is 2.57. The van der Waals surface area contributed by atoms with Gasteiger partial charge in [-0.3, -0.25) is 9.78 Å². The molecule has 0 spiro atoms. The van der Waals surface area contributed by atoms with Crippen LogP contribution in [0.2, 0.25) is 0 Å². The van der Waals surface area contributed by atoms with Gasteiger partial charge in [0.15, 0.2) is 0 Å². The third-order valence-corrected chi connectivity index (χ3v) is 4.95. The zero-order chi connectivity index (χ0) is 18.1. The molecular formula is C20H22N4O2. The summed E-state index contributed by atoms with van der Waals surface area (Å²) in [4.78, 5) is 24.0. The van der Waals surface area contributed by atoms with E-state index in [1.165, 1.54) is 5.69 Å². The lowest BCUT2D eigenvalue weighted by Gasteiger charge is -2.35. The largest absolute Gasteiger partial charge is 0.380 e. The van der Waals surface area contributed by atoms with Crippen LogP contribution < -0.4 is 0 Å². The quantitative estimate of drug-likeness (QED) is 0.726. The minimum Gasteiger partial charge on any atom is -0.380 e. The molecule has 3 aromatic rings. The van der Waals surface area contributed by atoms with E-state index >= 15 is 0 Å². The standard InChI is InChI=1S/C20H22N4O2/c1-3-26-12-16-9-19-18(22-13-23(19)2)11-24(16)20(25)15-8-14-6-4-5-7-17(14)21-10-15/h4-8,10,13,16H,3,9,11-12H2,1-2H3/t16-/m1/s1. The van der Waals surface area contributed by atoms with E-state index in [4.69, 9.17) is 4.74 Å². The van der Waals surface area contributed by atoms with Gasteiger partial charge in [-0.1, -0.05) is 18.2 Å². The van der Waals surface area contributed by atoms with Gasteiger partial charge in [0, 0.05) is 37.4 Å². The van der Waals surface area contributed by atoms with Crippen molar-refractivity contribution in [2.45, 2.75) is 25.9 Å². The van der Waals surface area contributed by atoms with E-state index in [-0.39, 0.29) is 11.9 Å². The molecule has 1 aliphatic rings. The second-order valence-electron chi connectivity index (χ2n) is 6.62. The number of nitrogens with zero attached hydrogens (tertiary/aromatic N) is 4. The summed E-state index contributed by atoms with van der Waals surface area (Å²) in [5, 5.41) is 0.968. The highest BCUT2D eigenvalue weighted by atomic mass is 16.5. The number of aryl methyl sites for hydroxylation is 1. The van der Waals surface area contributed by atoms with Crippen molar-refractivity contribution in [1.29, 1.82) is 0 Å². The van der Waals surface area contributed by atoms with E-state index in [0.29, 0.717) is 25.3 Å². The maximum atomic E-state index is 13.2. The molecule has 0 saturated carbocycles. The van der Waals surface area contributed by atoms with E-state index in [9.17, 15) is 4.79 Å². The third-order valence-electron chi connectivity index (χ3n) is 4.95. The number of hydrogen-bond acceptors (Lipinski definition) is 4. The van der Waals surface area contributed by atoms with Crippen molar-refractivity contribution in [3.05, 3.63) is 59.8 Å². The monoisotopic (exact) mass is 350 g/mol. The van der Waals surface area contributed by atoms with Gasteiger partial charge < -0.3 is 14.2 Å². The van der Waals surface area contributed by atoms with Crippen molar-refractivity contribution in [2.24, 2.45) is 7.05 Å². The molecule has 2 aromatic heterocycles. The Hall–Kier alpha value is -2.73. The van der Waals surface area contributed by atoms with Gasteiger partial charge >= 0.3 is 0 Å². The van der Waals surface area contributed by atoms with E-state index in [0.717, 1.165) is 23.0 Å². The number of para-hydroxylation sites is 1. The first-order valence-electron chi connectivity index (χ1n) is 8.90. The fraction of sp³-hybridized carbons (Fsp3) is 0.350. The SMILES string of the molecule is CCOC[C@H]1Cc2c(ncn2C)CN1C(=O)c1cnc2ccccc2c1. The van der Waals surface area contributed by atoms with Gasteiger partial charge in [-0.2, -0.15) is 0 Å². The molecule has 6 heteroatoms. The molecule has 1 aromatic carbocycles. The van der Waals surface area contributed by atoms with Gasteiger partial charge in [-0.15, -0.1) is 0 Å². The summed E-state index contributed by atoms with van der Waals surface area (Å²) in [6.07, 6.45) is 4.23. The van der Waals surface area contributed by atoms with E-state index in [1.54, 1.807) is 6.20 Å². The first kappa shape index (κ1) is 16.7. The van der Waals surface area contributed by atoms with Crippen LogP contribution >= 0.6 is 0 Å². The molecule has 6 nitrogen and oxygen atoms in total. The van der Waals surface area contributed by atoms with Crippen LogP contribution in [0.25, 0.3) is 10.9 Å². The van der Waals surface area contributed by atoms with Crippen molar-refractivity contribution in [1.82, 2.24) is 19.4 Å². The summed E-state index contributed by atoms with van der Waals surface area (Å²) in [6, 6.07) is 9.74. The van der Waals surface area contributed by atoms with Crippen LogP contribution in [0.15, 0.2) is 42.9 Å². The van der Waals surface area contributed by atoms with Gasteiger partial charge in [0.05, 0.1) is 42.3 Å². The Morgan fingerprint density at radius 1 is 1.31 bits per heavy atom. The highest BCUT2D eigenvalue weighted by molar-refractivity contribution is 5.97. The Morgan fingerprint density at radius 2 is 2.15 bits per heavy atom. The minimum absolute atomic E-state index is 0.00294. The molecule has 3 heterocycles. The van der Waals surface area contributed by atoms with Gasteiger partial charge in [0.1, 0.15) is 0 Å². The minimum atomic E-state index is -0.0238. The van der Waals surface area contributed by atoms with Gasteiger partial charge in [0.2, 0.25) is 0 Å². The maximum absolute atomic E-state index is 13.2. The fourth-order valence-corrected chi connectivity index (χ4v) is 3.52. The van der Waals surface area contributed by atoms with Crippen molar-refractivity contribution < 1.29 is 9.53 Å². The number of amides is 1. The Labute approximate surface area is 152 Å². The number of benzene rings is 1. The Morgan fingerprint density at radius 3 is 3.00 bits per heavy atom. The lowest BCUT2D eigenvalue weighted by Crippen LogP contribution is -2.47. The van der Waals surface area contributed by atoms with Gasteiger partial charge in [0.25, 0.3) is 5.91 Å². The molecule has 0 radical (unpaired) electrons. The Bertz CT molecular complexity index is 950. The van der Waals surface area contributed by atoms with Crippen LogP contribution in [-0.4, -0.2) is 44.6 Å². The van der Waals surface area contributed by atoms with Crippen molar-refractivity contribution in [3.8, 4) is 0 Å². The molecule has 0 fully saturated rings. The van der Waals surface area contributed by atoms with Crippen molar-refractivity contribution >= 4 is 16.8 Å². The number of fused-ring (bicyclic) bond motifs is 2. The molecule has 26 heavy (non-hydrogen) atoms. The summed E-state index contributed by atoms with van der Waals surface area (Å²) in [5.74, 6) is -0.0238. The summed E-state index contributed by atoms with van der Waals surface area (Å²) < 4.78 is 7.69. The predicted molar refractivity (Wildman–Crippen MR) is 98.8 cm³/mol. The molecule has 0 N–H and O–H groups in total. The van der Waals surface area contributed by atoms with E-state index in [1.807, 2.05) is 60.1 Å². The van der Waals surface area contributed by atoms with E-state index < -0.39 is 0 Å². The average Bonchev–Trinajstić information content (AvgIpc) is 3.04. The van der Waals surface area contributed by atoms with Crippen LogP contribution in [0.4, 0.5) is 0 Å². The zero-order valence-corrected chi connectivity index (χ0v) is 15.1. The molecular weight excluding hydrogens is 328 g/mol. The number of carbonyl (C=O) groups is 1. The number of hydrogen-bond donors (Lipinski definition) is 0. The summed E-state index contributed by atoms with van der Waals surface area (Å²) in [5.41, 5.74) is 3.63. The Kier molecular flexibility index (Phi) is 4.42. The van der Waals surface area contributed by atoms with E-state index in [2.05, 4.69) is 9.97 Å². The number of rotatable bonds is 4. The lowest BCUT2D eigenvalue weighted by molar-refractivity contribution is 0.0387. The normalized spacial score (nSPS) is 16.7. The van der Waals surface area contributed by atoms with Crippen LogP contribution in [0.5, 0.6) is 0 Å². The van der Waals surface area contributed by atoms with Crippen molar-refractivity contribution in [2.75, 3.05) is 13.2 Å². The zero-order valence-electron chi connectivity index (χ0n) is 15.1. The van der Waals surface area contributed by atoms with Crippen LogP contribution in [0.3, 0.4) is 0 Å². The number of imidazole rings is 1. The third kappa shape index (κ3) is 2.97. The molecule has 1 aliphatic heterocycles. The summed E-state index contributed by atoms with van der Waals surface area (Å²) in [7, 11) is 1.99. The summed E-state index contributed by atoms with van der Waals surface area (Å²) in [6.45, 7) is 3.62. The van der Waals surface area contributed by atoms with Crippen molar-refractivity contribution in [3.63, 3.8) is 0 Å². The number of carbonyl (C=O) groups excluding carboxylic acids is 1. The molecule has 4 rings (SSSR count). The second-order valence-corrected chi connectivity index (χ2v) is 6.62. The lowest BCUT2D eigenvalue weighted by atomic mass is 10.0. The topological polar surface area (TPSA) is 60.2 Å². The molecule has 0 saturated heterocycles. The number of pyridine rings is 1. The smallest absolute Gasteiger partial charge is 0.256 e. The molecule has 0 unspecified atom stereocenters. The summed E-state index contributed by atoms with van der Waals surface area (Å²) >= 11 is 0. The second kappa shape index (κ2) is 6.88. The average molecular weight is 350 g/mol. The molecule has 1 amide bonds. The number of aromatic nitrogens is 3. The highest BCUT2D eigenvalue weighted by Crippen LogP contribution is 2.25. The molecule has 0 aliphatic carbocycles.